The lowest BCUT2D eigenvalue weighted by Crippen LogP contribution is -2.32. The predicted octanol–water partition coefficient (Wildman–Crippen LogP) is 4.87. The number of benzene rings is 2. The molecule has 3 rings (SSSR count). The van der Waals surface area contributed by atoms with Gasteiger partial charge in [0.1, 0.15) is 6.04 Å². The van der Waals surface area contributed by atoms with Crippen LogP contribution in [0.1, 0.15) is 53.7 Å². The van der Waals surface area contributed by atoms with Gasteiger partial charge in [0.25, 0.3) is 5.91 Å². The first-order chi connectivity index (χ1) is 13.0. The lowest BCUT2D eigenvalue weighted by molar-refractivity contribution is 0.0910. The number of rotatable bonds is 6. The van der Waals surface area contributed by atoms with Crippen molar-refractivity contribution in [3.8, 4) is 11.4 Å². The molecule has 1 heterocycles. The maximum absolute atomic E-state index is 12.7. The van der Waals surface area contributed by atoms with Gasteiger partial charge in [-0.3, -0.25) is 4.79 Å². The topological polar surface area (TPSA) is 68.0 Å². The molecule has 2 aromatic carbocycles. The van der Waals surface area contributed by atoms with Crippen molar-refractivity contribution in [2.45, 2.75) is 40.2 Å². The Morgan fingerprint density at radius 3 is 2.22 bits per heavy atom. The molecule has 0 spiro atoms. The Balaban J connectivity index is 1.83. The fourth-order valence-corrected chi connectivity index (χ4v) is 2.79. The third-order valence-corrected chi connectivity index (χ3v) is 4.83. The number of hydrogen-bond acceptors (Lipinski definition) is 4. The van der Waals surface area contributed by atoms with E-state index >= 15 is 0 Å². The van der Waals surface area contributed by atoms with Gasteiger partial charge in [0, 0.05) is 11.1 Å². The Labute approximate surface area is 159 Å². The van der Waals surface area contributed by atoms with Crippen LogP contribution in [0, 0.1) is 19.8 Å². The van der Waals surface area contributed by atoms with Crippen LogP contribution < -0.4 is 5.32 Å². The summed E-state index contributed by atoms with van der Waals surface area (Å²) < 4.78 is 5.51. The van der Waals surface area contributed by atoms with Gasteiger partial charge in [-0.15, -0.1) is 0 Å². The average molecular weight is 363 g/mol. The van der Waals surface area contributed by atoms with Gasteiger partial charge in [-0.1, -0.05) is 73.0 Å². The maximum Gasteiger partial charge on any atom is 0.251 e. The maximum atomic E-state index is 12.7. The Morgan fingerprint density at radius 1 is 1.04 bits per heavy atom. The van der Waals surface area contributed by atoms with Crippen LogP contribution in [0.4, 0.5) is 0 Å². The van der Waals surface area contributed by atoms with E-state index in [2.05, 4.69) is 29.3 Å². The fraction of sp³-hybridized carbons (Fsp3) is 0.318. The largest absolute Gasteiger partial charge is 0.340 e. The number of hydrogen-bond donors (Lipinski definition) is 1. The molecule has 1 aromatic heterocycles. The van der Waals surface area contributed by atoms with Gasteiger partial charge >= 0.3 is 0 Å². The van der Waals surface area contributed by atoms with Crippen LogP contribution in [0.5, 0.6) is 0 Å². The molecule has 27 heavy (non-hydrogen) atoms. The molecule has 1 amide bonds. The Hall–Kier alpha value is -2.95. The summed E-state index contributed by atoms with van der Waals surface area (Å²) in [6, 6.07) is 15.1. The van der Waals surface area contributed by atoms with Gasteiger partial charge in [0.2, 0.25) is 11.7 Å². The van der Waals surface area contributed by atoms with Gasteiger partial charge < -0.3 is 9.84 Å². The molecule has 0 saturated carbocycles. The lowest BCUT2D eigenvalue weighted by Gasteiger charge is -2.20. The summed E-state index contributed by atoms with van der Waals surface area (Å²) in [4.78, 5) is 17.2. The highest BCUT2D eigenvalue weighted by Crippen LogP contribution is 2.26. The van der Waals surface area contributed by atoms with Crippen LogP contribution in [0.25, 0.3) is 11.4 Å². The van der Waals surface area contributed by atoms with Gasteiger partial charge in [-0.05, 0) is 31.9 Å². The number of aromatic nitrogens is 2. The van der Waals surface area contributed by atoms with Crippen LogP contribution in [-0.4, -0.2) is 16.0 Å². The van der Waals surface area contributed by atoms with Gasteiger partial charge in [-0.25, -0.2) is 0 Å². The van der Waals surface area contributed by atoms with Crippen LogP contribution >= 0.6 is 0 Å². The van der Waals surface area contributed by atoms with E-state index in [1.807, 2.05) is 62.4 Å². The number of carbonyl (C=O) groups excluding carboxylic acids is 1. The average Bonchev–Trinajstić information content (AvgIpc) is 3.16. The van der Waals surface area contributed by atoms with E-state index in [0.717, 1.165) is 17.5 Å². The highest BCUT2D eigenvalue weighted by molar-refractivity contribution is 5.94. The van der Waals surface area contributed by atoms with Crippen molar-refractivity contribution in [3.63, 3.8) is 0 Å². The smallest absolute Gasteiger partial charge is 0.251 e. The molecule has 5 nitrogen and oxygen atoms in total. The summed E-state index contributed by atoms with van der Waals surface area (Å²) in [5, 5.41) is 7.17. The van der Waals surface area contributed by atoms with E-state index in [4.69, 9.17) is 4.52 Å². The summed E-state index contributed by atoms with van der Waals surface area (Å²) >= 11 is 0. The second-order valence-corrected chi connectivity index (χ2v) is 7.02. The number of nitrogens with zero attached hydrogens (tertiary/aromatic N) is 2. The summed E-state index contributed by atoms with van der Waals surface area (Å²) in [7, 11) is 0. The Bertz CT molecular complexity index is 898. The minimum atomic E-state index is -0.337. The van der Waals surface area contributed by atoms with E-state index < -0.39 is 0 Å². The molecule has 0 aliphatic carbocycles. The molecule has 0 aliphatic rings. The zero-order chi connectivity index (χ0) is 19.4. The number of carbonyl (C=O) groups is 1. The molecule has 3 aromatic rings. The Kier molecular flexibility index (Phi) is 5.69. The molecule has 140 valence electrons. The van der Waals surface area contributed by atoms with Crippen LogP contribution in [-0.2, 0) is 0 Å². The highest BCUT2D eigenvalue weighted by atomic mass is 16.5. The van der Waals surface area contributed by atoms with E-state index in [1.165, 1.54) is 5.56 Å². The van der Waals surface area contributed by atoms with Crippen molar-refractivity contribution in [1.82, 2.24) is 15.5 Å². The Morgan fingerprint density at radius 2 is 1.63 bits per heavy atom. The molecule has 0 radical (unpaired) electrons. The van der Waals surface area contributed by atoms with Crippen LogP contribution in [0.15, 0.2) is 53.1 Å². The van der Waals surface area contributed by atoms with E-state index in [9.17, 15) is 4.79 Å². The van der Waals surface area contributed by atoms with E-state index in [0.29, 0.717) is 17.3 Å². The first kappa shape index (κ1) is 18.8. The minimum Gasteiger partial charge on any atom is -0.340 e. The fourth-order valence-electron chi connectivity index (χ4n) is 2.79. The van der Waals surface area contributed by atoms with Crippen molar-refractivity contribution >= 4 is 5.91 Å². The van der Waals surface area contributed by atoms with Crippen molar-refractivity contribution in [3.05, 3.63) is 71.1 Å². The second-order valence-electron chi connectivity index (χ2n) is 7.02. The number of aryl methyl sites for hydroxylation is 2. The van der Waals surface area contributed by atoms with E-state index in [-0.39, 0.29) is 17.9 Å². The molecule has 2 unspecified atom stereocenters. The molecule has 5 heteroatoms. The number of amides is 1. The molecule has 0 saturated heterocycles. The lowest BCUT2D eigenvalue weighted by atomic mass is 9.98. The van der Waals surface area contributed by atoms with Crippen LogP contribution in [0.3, 0.4) is 0 Å². The zero-order valence-corrected chi connectivity index (χ0v) is 16.2. The predicted molar refractivity (Wildman–Crippen MR) is 105 cm³/mol. The van der Waals surface area contributed by atoms with Crippen molar-refractivity contribution in [2.75, 3.05) is 0 Å². The SMILES string of the molecule is CCC(C)C(NC(=O)c1ccc(C)cc1)c1nc(-c2ccc(C)cc2)no1. The molecule has 2 atom stereocenters. The zero-order valence-electron chi connectivity index (χ0n) is 16.2. The standard InChI is InChI=1S/C22H25N3O2/c1-5-16(4)19(23-21(26)18-12-8-15(3)9-13-18)22-24-20(25-27-22)17-10-6-14(2)7-11-17/h6-13,16,19H,5H2,1-4H3,(H,23,26). The monoisotopic (exact) mass is 363 g/mol. The van der Waals surface area contributed by atoms with E-state index in [1.54, 1.807) is 0 Å². The molecular formula is C22H25N3O2. The summed E-state index contributed by atoms with van der Waals surface area (Å²) in [6.07, 6.45) is 0.876. The first-order valence-corrected chi connectivity index (χ1v) is 9.26. The molecule has 0 fully saturated rings. The van der Waals surface area contributed by atoms with Gasteiger partial charge in [0.05, 0.1) is 0 Å². The van der Waals surface area contributed by atoms with Gasteiger partial charge in [0.15, 0.2) is 0 Å². The molecule has 0 aliphatic heterocycles. The molecule has 0 bridgehead atoms. The van der Waals surface area contributed by atoms with Crippen LogP contribution in [0.2, 0.25) is 0 Å². The number of nitrogens with one attached hydrogen (secondary N) is 1. The summed E-state index contributed by atoms with van der Waals surface area (Å²) in [5.41, 5.74) is 3.80. The third kappa shape index (κ3) is 4.42. The second kappa shape index (κ2) is 8.16. The molecular weight excluding hydrogens is 338 g/mol. The summed E-state index contributed by atoms with van der Waals surface area (Å²) in [5.74, 6) is 0.976. The highest BCUT2D eigenvalue weighted by Gasteiger charge is 2.26. The summed E-state index contributed by atoms with van der Waals surface area (Å²) in [6.45, 7) is 8.17. The minimum absolute atomic E-state index is 0.143. The third-order valence-electron chi connectivity index (χ3n) is 4.83. The first-order valence-electron chi connectivity index (χ1n) is 9.26. The molecule has 1 N–H and O–H groups in total. The van der Waals surface area contributed by atoms with Crippen molar-refractivity contribution in [1.29, 1.82) is 0 Å². The van der Waals surface area contributed by atoms with Gasteiger partial charge in [-0.2, -0.15) is 4.98 Å². The quantitative estimate of drug-likeness (QED) is 0.678. The normalized spacial score (nSPS) is 13.2. The van der Waals surface area contributed by atoms with Crippen molar-refractivity contribution < 1.29 is 9.32 Å². The van der Waals surface area contributed by atoms with Crippen molar-refractivity contribution in [2.24, 2.45) is 5.92 Å².